The number of halogens is 2. The zero-order valence-corrected chi connectivity index (χ0v) is 11.3. The number of nitrogens with zero attached hydrogens (tertiary/aromatic N) is 4. The molecule has 0 saturated carbocycles. The first-order valence-corrected chi connectivity index (χ1v) is 6.38. The monoisotopic (exact) mass is 306 g/mol. The zero-order chi connectivity index (χ0) is 15.9. The predicted octanol–water partition coefficient (Wildman–Crippen LogP) is 1.02. The Morgan fingerprint density at radius 2 is 2.00 bits per heavy atom. The van der Waals surface area contributed by atoms with Gasteiger partial charge >= 0.3 is 0 Å². The quantitative estimate of drug-likeness (QED) is 0.665. The minimum atomic E-state index is -1.32. The third kappa shape index (κ3) is 2.11. The van der Waals surface area contributed by atoms with E-state index in [1.54, 1.807) is 0 Å². The molecule has 0 radical (unpaired) electrons. The minimum Gasteiger partial charge on any atom is -0.505 e. The SMILES string of the molecule is NCCn1nc(-c2cc(O)c(F)c(F)c2)c2c(N)ncnc21. The summed E-state index contributed by atoms with van der Waals surface area (Å²) in [6.45, 7) is 0.672. The largest absolute Gasteiger partial charge is 0.505 e. The Balaban J connectivity index is 2.31. The summed E-state index contributed by atoms with van der Waals surface area (Å²) < 4.78 is 28.3. The van der Waals surface area contributed by atoms with Gasteiger partial charge in [0.25, 0.3) is 0 Å². The van der Waals surface area contributed by atoms with Crippen molar-refractivity contribution in [1.82, 2.24) is 19.7 Å². The molecule has 3 rings (SSSR count). The van der Waals surface area contributed by atoms with Gasteiger partial charge in [-0.15, -0.1) is 0 Å². The van der Waals surface area contributed by atoms with Crippen molar-refractivity contribution >= 4 is 16.9 Å². The Labute approximate surface area is 123 Å². The van der Waals surface area contributed by atoms with Crippen molar-refractivity contribution in [3.8, 4) is 17.0 Å². The molecule has 2 aromatic heterocycles. The van der Waals surface area contributed by atoms with Gasteiger partial charge in [0.05, 0.1) is 11.9 Å². The van der Waals surface area contributed by atoms with Crippen LogP contribution in [-0.4, -0.2) is 31.4 Å². The number of nitrogens with two attached hydrogens (primary N) is 2. The van der Waals surface area contributed by atoms with Crippen molar-refractivity contribution in [1.29, 1.82) is 0 Å². The minimum absolute atomic E-state index is 0.146. The van der Waals surface area contributed by atoms with E-state index in [0.29, 0.717) is 24.1 Å². The van der Waals surface area contributed by atoms with Gasteiger partial charge in [-0.25, -0.2) is 19.0 Å². The highest BCUT2D eigenvalue weighted by molar-refractivity contribution is 5.98. The Hall–Kier alpha value is -2.81. The van der Waals surface area contributed by atoms with Crippen LogP contribution < -0.4 is 11.5 Å². The molecule has 7 nitrogen and oxygen atoms in total. The first kappa shape index (κ1) is 14.1. The molecular formula is C13H12F2N6O. The molecule has 0 aliphatic rings. The molecule has 2 heterocycles. The fourth-order valence-corrected chi connectivity index (χ4v) is 2.22. The predicted molar refractivity (Wildman–Crippen MR) is 75.8 cm³/mol. The normalized spacial score (nSPS) is 11.2. The molecule has 22 heavy (non-hydrogen) atoms. The molecule has 5 N–H and O–H groups in total. The average molecular weight is 306 g/mol. The van der Waals surface area contributed by atoms with E-state index in [-0.39, 0.29) is 17.1 Å². The van der Waals surface area contributed by atoms with E-state index in [1.165, 1.54) is 11.0 Å². The molecule has 0 bridgehead atoms. The van der Waals surface area contributed by atoms with Crippen LogP contribution in [-0.2, 0) is 6.54 Å². The van der Waals surface area contributed by atoms with Crippen LogP contribution in [0.3, 0.4) is 0 Å². The maximum absolute atomic E-state index is 13.5. The zero-order valence-electron chi connectivity index (χ0n) is 11.3. The highest BCUT2D eigenvalue weighted by atomic mass is 19.2. The van der Waals surface area contributed by atoms with Crippen LogP contribution in [0.25, 0.3) is 22.3 Å². The van der Waals surface area contributed by atoms with Crippen LogP contribution in [0.2, 0.25) is 0 Å². The number of hydrogen-bond acceptors (Lipinski definition) is 6. The highest BCUT2D eigenvalue weighted by Crippen LogP contribution is 2.33. The number of aromatic hydroxyl groups is 1. The number of phenolic OH excluding ortho intramolecular Hbond substituents is 1. The first-order valence-electron chi connectivity index (χ1n) is 6.38. The van der Waals surface area contributed by atoms with E-state index < -0.39 is 17.4 Å². The summed E-state index contributed by atoms with van der Waals surface area (Å²) in [6, 6.07) is 2.00. The van der Waals surface area contributed by atoms with Gasteiger partial charge in [0.2, 0.25) is 0 Å². The molecule has 0 aliphatic heterocycles. The summed E-state index contributed by atoms with van der Waals surface area (Å²) in [4.78, 5) is 7.97. The lowest BCUT2D eigenvalue weighted by Gasteiger charge is -2.02. The molecule has 0 saturated heterocycles. The van der Waals surface area contributed by atoms with Gasteiger partial charge < -0.3 is 16.6 Å². The maximum atomic E-state index is 13.5. The van der Waals surface area contributed by atoms with Gasteiger partial charge in [0, 0.05) is 12.1 Å². The summed E-state index contributed by atoms with van der Waals surface area (Å²) in [5, 5.41) is 14.1. The van der Waals surface area contributed by atoms with E-state index in [2.05, 4.69) is 15.1 Å². The number of hydrogen-bond donors (Lipinski definition) is 3. The smallest absolute Gasteiger partial charge is 0.200 e. The lowest BCUT2D eigenvalue weighted by atomic mass is 10.1. The number of nitrogen functional groups attached to an aromatic ring is 1. The number of phenols is 1. The summed E-state index contributed by atoms with van der Waals surface area (Å²) in [5.41, 5.74) is 12.2. The van der Waals surface area contributed by atoms with Crippen molar-refractivity contribution in [3.05, 3.63) is 30.1 Å². The van der Waals surface area contributed by atoms with E-state index >= 15 is 0 Å². The third-order valence-corrected chi connectivity index (χ3v) is 3.18. The Morgan fingerprint density at radius 1 is 1.23 bits per heavy atom. The molecule has 0 amide bonds. The molecule has 0 fully saturated rings. The summed E-state index contributed by atoms with van der Waals surface area (Å²) >= 11 is 0. The lowest BCUT2D eigenvalue weighted by Crippen LogP contribution is -2.11. The Kier molecular flexibility index (Phi) is 3.33. The second-order valence-electron chi connectivity index (χ2n) is 4.61. The van der Waals surface area contributed by atoms with Crippen LogP contribution >= 0.6 is 0 Å². The molecule has 114 valence electrons. The van der Waals surface area contributed by atoms with Gasteiger partial charge in [0.1, 0.15) is 17.8 Å². The Bertz CT molecular complexity index is 840. The molecule has 0 atom stereocenters. The first-order chi connectivity index (χ1) is 10.5. The van der Waals surface area contributed by atoms with Crippen LogP contribution in [0.5, 0.6) is 5.75 Å². The number of rotatable bonds is 3. The number of anilines is 1. The van der Waals surface area contributed by atoms with Crippen molar-refractivity contribution in [3.63, 3.8) is 0 Å². The second-order valence-corrected chi connectivity index (χ2v) is 4.61. The highest BCUT2D eigenvalue weighted by Gasteiger charge is 2.19. The fourth-order valence-electron chi connectivity index (χ4n) is 2.22. The van der Waals surface area contributed by atoms with Gasteiger partial charge in [-0.3, -0.25) is 0 Å². The van der Waals surface area contributed by atoms with E-state index in [1.807, 2.05) is 0 Å². The number of benzene rings is 1. The van der Waals surface area contributed by atoms with Gasteiger partial charge in [-0.05, 0) is 12.1 Å². The van der Waals surface area contributed by atoms with E-state index in [0.717, 1.165) is 12.1 Å². The second kappa shape index (κ2) is 5.19. The summed E-state index contributed by atoms with van der Waals surface area (Å²) in [6.07, 6.45) is 1.28. The lowest BCUT2D eigenvalue weighted by molar-refractivity contribution is 0.407. The fraction of sp³-hybridized carbons (Fsp3) is 0.154. The number of fused-ring (bicyclic) bond motifs is 1. The van der Waals surface area contributed by atoms with Gasteiger partial charge in [0.15, 0.2) is 23.0 Å². The molecule has 0 aliphatic carbocycles. The van der Waals surface area contributed by atoms with Crippen LogP contribution in [0.4, 0.5) is 14.6 Å². The van der Waals surface area contributed by atoms with Gasteiger partial charge in [-0.2, -0.15) is 9.49 Å². The van der Waals surface area contributed by atoms with Crippen LogP contribution in [0.1, 0.15) is 0 Å². The van der Waals surface area contributed by atoms with Crippen molar-refractivity contribution in [2.45, 2.75) is 6.54 Å². The van der Waals surface area contributed by atoms with Crippen molar-refractivity contribution < 1.29 is 13.9 Å². The topological polar surface area (TPSA) is 116 Å². The van der Waals surface area contributed by atoms with Crippen LogP contribution in [0, 0.1) is 11.6 Å². The molecular weight excluding hydrogens is 294 g/mol. The van der Waals surface area contributed by atoms with Crippen molar-refractivity contribution in [2.24, 2.45) is 5.73 Å². The molecule has 9 heteroatoms. The maximum Gasteiger partial charge on any atom is 0.200 e. The van der Waals surface area contributed by atoms with E-state index in [4.69, 9.17) is 11.5 Å². The Morgan fingerprint density at radius 3 is 2.68 bits per heavy atom. The molecule has 1 aromatic carbocycles. The standard InChI is InChI=1S/C13H12F2N6O/c14-7-3-6(4-8(22)10(7)15)11-9-12(17)18-5-19-13(9)21(20-11)2-1-16/h3-5,22H,1-2,16H2,(H2,17,18,19). The van der Waals surface area contributed by atoms with Gasteiger partial charge in [-0.1, -0.05) is 0 Å². The average Bonchev–Trinajstić information content (AvgIpc) is 2.85. The van der Waals surface area contributed by atoms with E-state index in [9.17, 15) is 13.9 Å². The molecule has 3 aromatic rings. The number of aromatic nitrogens is 4. The molecule has 0 spiro atoms. The molecule has 0 unspecified atom stereocenters. The van der Waals surface area contributed by atoms with Crippen LogP contribution in [0.15, 0.2) is 18.5 Å². The summed E-state index contributed by atoms with van der Waals surface area (Å²) in [5.74, 6) is -3.18. The third-order valence-electron chi connectivity index (χ3n) is 3.18. The van der Waals surface area contributed by atoms with Crippen molar-refractivity contribution in [2.75, 3.05) is 12.3 Å². The summed E-state index contributed by atoms with van der Waals surface area (Å²) in [7, 11) is 0.